The summed E-state index contributed by atoms with van der Waals surface area (Å²) in [7, 11) is 1.97. The van der Waals surface area contributed by atoms with E-state index in [0.29, 0.717) is 0 Å². The Morgan fingerprint density at radius 2 is 2.10 bits per heavy atom. The Kier molecular flexibility index (Phi) is 3.41. The first-order chi connectivity index (χ1) is 10.1. The SMILES string of the molecule is CCCc1nc2cc(N)ccc2n1Cc1cnn(C)c1C. The number of fused-ring (bicyclic) bond motifs is 1. The van der Waals surface area contributed by atoms with Gasteiger partial charge in [-0.1, -0.05) is 6.92 Å². The average Bonchev–Trinajstić information content (AvgIpc) is 2.94. The van der Waals surface area contributed by atoms with Crippen molar-refractivity contribution in [3.8, 4) is 0 Å². The fourth-order valence-corrected chi connectivity index (χ4v) is 2.66. The zero-order valence-electron chi connectivity index (χ0n) is 12.8. The second kappa shape index (κ2) is 5.24. The molecule has 0 saturated carbocycles. The molecule has 110 valence electrons. The van der Waals surface area contributed by atoms with Gasteiger partial charge >= 0.3 is 0 Å². The van der Waals surface area contributed by atoms with E-state index in [1.165, 1.54) is 11.3 Å². The third kappa shape index (κ3) is 2.39. The molecule has 0 atom stereocenters. The van der Waals surface area contributed by atoms with Gasteiger partial charge < -0.3 is 10.3 Å². The fraction of sp³-hybridized carbons (Fsp3) is 0.375. The Labute approximate surface area is 124 Å². The number of anilines is 1. The van der Waals surface area contributed by atoms with E-state index in [1.54, 1.807) is 0 Å². The van der Waals surface area contributed by atoms with E-state index in [9.17, 15) is 0 Å². The maximum absolute atomic E-state index is 5.87. The Morgan fingerprint density at radius 3 is 2.76 bits per heavy atom. The van der Waals surface area contributed by atoms with Gasteiger partial charge in [-0.15, -0.1) is 0 Å². The molecule has 0 fully saturated rings. The summed E-state index contributed by atoms with van der Waals surface area (Å²) in [6, 6.07) is 5.94. The Balaban J connectivity index is 2.10. The van der Waals surface area contributed by atoms with Crippen LogP contribution in [0.2, 0.25) is 0 Å². The Morgan fingerprint density at radius 1 is 1.29 bits per heavy atom. The van der Waals surface area contributed by atoms with Crippen molar-refractivity contribution in [2.24, 2.45) is 7.05 Å². The van der Waals surface area contributed by atoms with E-state index in [1.807, 2.05) is 30.1 Å². The number of hydrogen-bond donors (Lipinski definition) is 1. The minimum atomic E-state index is 0.757. The maximum Gasteiger partial charge on any atom is 0.110 e. The molecule has 3 aromatic rings. The largest absolute Gasteiger partial charge is 0.399 e. The fourth-order valence-electron chi connectivity index (χ4n) is 2.66. The van der Waals surface area contributed by atoms with Crippen LogP contribution in [-0.4, -0.2) is 19.3 Å². The maximum atomic E-state index is 5.87. The highest BCUT2D eigenvalue weighted by molar-refractivity contribution is 5.79. The Hall–Kier alpha value is -2.30. The molecule has 0 saturated heterocycles. The van der Waals surface area contributed by atoms with Crippen molar-refractivity contribution >= 4 is 16.7 Å². The number of rotatable bonds is 4. The van der Waals surface area contributed by atoms with Crippen LogP contribution < -0.4 is 5.73 Å². The average molecular weight is 283 g/mol. The molecule has 0 unspecified atom stereocenters. The molecule has 0 aliphatic carbocycles. The zero-order valence-corrected chi connectivity index (χ0v) is 12.8. The molecule has 0 bridgehead atoms. The van der Waals surface area contributed by atoms with Crippen molar-refractivity contribution in [3.05, 3.63) is 41.5 Å². The quantitative estimate of drug-likeness (QED) is 0.749. The molecular weight excluding hydrogens is 262 g/mol. The molecule has 2 heterocycles. The molecule has 0 amide bonds. The van der Waals surface area contributed by atoms with Crippen LogP contribution in [-0.2, 0) is 20.0 Å². The number of nitrogens with two attached hydrogens (primary N) is 1. The van der Waals surface area contributed by atoms with Gasteiger partial charge in [0.05, 0.1) is 23.8 Å². The number of aromatic nitrogens is 4. The zero-order chi connectivity index (χ0) is 15.0. The Bertz CT molecular complexity index is 781. The molecule has 2 N–H and O–H groups in total. The highest BCUT2D eigenvalue weighted by Crippen LogP contribution is 2.22. The third-order valence-corrected chi connectivity index (χ3v) is 3.99. The van der Waals surface area contributed by atoms with Crippen LogP contribution in [0.15, 0.2) is 24.4 Å². The summed E-state index contributed by atoms with van der Waals surface area (Å²) >= 11 is 0. The van der Waals surface area contributed by atoms with Gasteiger partial charge in [0.15, 0.2) is 0 Å². The van der Waals surface area contributed by atoms with E-state index in [0.717, 1.165) is 41.9 Å². The topological polar surface area (TPSA) is 61.7 Å². The second-order valence-electron chi connectivity index (χ2n) is 5.49. The van der Waals surface area contributed by atoms with Crippen LogP contribution >= 0.6 is 0 Å². The predicted molar refractivity (Wildman–Crippen MR) is 85.2 cm³/mol. The molecule has 3 rings (SSSR count). The van der Waals surface area contributed by atoms with Crippen molar-refractivity contribution in [1.29, 1.82) is 0 Å². The van der Waals surface area contributed by atoms with Crippen molar-refractivity contribution in [1.82, 2.24) is 19.3 Å². The number of nitrogens with zero attached hydrogens (tertiary/aromatic N) is 4. The van der Waals surface area contributed by atoms with E-state index in [4.69, 9.17) is 10.7 Å². The van der Waals surface area contributed by atoms with Crippen LogP contribution in [0.5, 0.6) is 0 Å². The van der Waals surface area contributed by atoms with Crippen molar-refractivity contribution < 1.29 is 0 Å². The summed E-state index contributed by atoms with van der Waals surface area (Å²) in [6.07, 6.45) is 3.98. The lowest BCUT2D eigenvalue weighted by Crippen LogP contribution is -2.06. The number of nitrogen functional groups attached to an aromatic ring is 1. The van der Waals surface area contributed by atoms with Gasteiger partial charge in [-0.25, -0.2) is 4.98 Å². The van der Waals surface area contributed by atoms with Crippen molar-refractivity contribution in [2.75, 3.05) is 5.73 Å². The summed E-state index contributed by atoms with van der Waals surface area (Å²) in [5.74, 6) is 1.11. The van der Waals surface area contributed by atoms with Gasteiger partial charge in [-0.2, -0.15) is 5.10 Å². The molecule has 0 aliphatic rings. The first-order valence-corrected chi connectivity index (χ1v) is 7.32. The van der Waals surface area contributed by atoms with Crippen LogP contribution in [0.4, 0.5) is 5.69 Å². The predicted octanol–water partition coefficient (Wildman–Crippen LogP) is 2.66. The number of benzene rings is 1. The number of aryl methyl sites for hydroxylation is 2. The van der Waals surface area contributed by atoms with Crippen LogP contribution in [0.3, 0.4) is 0 Å². The molecule has 2 aromatic heterocycles. The smallest absolute Gasteiger partial charge is 0.110 e. The van der Waals surface area contributed by atoms with Gasteiger partial charge in [0, 0.05) is 30.4 Å². The van der Waals surface area contributed by atoms with Crippen LogP contribution in [0.25, 0.3) is 11.0 Å². The highest BCUT2D eigenvalue weighted by Gasteiger charge is 2.13. The molecular formula is C16H21N5. The standard InChI is InChI=1S/C16H21N5/c1-4-5-16-19-14-8-13(17)6-7-15(14)21(16)10-12-9-18-20(3)11(12)2/h6-9H,4-5,10,17H2,1-3H3. The summed E-state index contributed by atoms with van der Waals surface area (Å²) in [5, 5.41) is 4.33. The lowest BCUT2D eigenvalue weighted by atomic mass is 10.2. The molecule has 5 heteroatoms. The molecule has 21 heavy (non-hydrogen) atoms. The molecule has 0 radical (unpaired) electrons. The second-order valence-corrected chi connectivity index (χ2v) is 5.49. The van der Waals surface area contributed by atoms with Gasteiger partial charge in [0.25, 0.3) is 0 Å². The molecule has 0 spiro atoms. The molecule has 1 aromatic carbocycles. The lowest BCUT2D eigenvalue weighted by Gasteiger charge is -2.08. The number of imidazole rings is 1. The first-order valence-electron chi connectivity index (χ1n) is 7.32. The van der Waals surface area contributed by atoms with E-state index in [-0.39, 0.29) is 0 Å². The van der Waals surface area contributed by atoms with Gasteiger partial charge in [-0.3, -0.25) is 4.68 Å². The summed E-state index contributed by atoms with van der Waals surface area (Å²) in [4.78, 5) is 4.75. The van der Waals surface area contributed by atoms with Gasteiger partial charge in [0.2, 0.25) is 0 Å². The van der Waals surface area contributed by atoms with Crippen LogP contribution in [0.1, 0.15) is 30.4 Å². The van der Waals surface area contributed by atoms with E-state index in [2.05, 4.69) is 29.6 Å². The first kappa shape index (κ1) is 13.7. The normalized spacial score (nSPS) is 11.4. The minimum absolute atomic E-state index is 0.757. The lowest BCUT2D eigenvalue weighted by molar-refractivity contribution is 0.709. The summed E-state index contributed by atoms with van der Waals surface area (Å²) in [5.41, 5.74) is 11.2. The van der Waals surface area contributed by atoms with Crippen LogP contribution in [0, 0.1) is 6.92 Å². The van der Waals surface area contributed by atoms with E-state index >= 15 is 0 Å². The summed E-state index contributed by atoms with van der Waals surface area (Å²) in [6.45, 7) is 5.07. The van der Waals surface area contributed by atoms with E-state index < -0.39 is 0 Å². The van der Waals surface area contributed by atoms with Gasteiger partial charge in [-0.05, 0) is 31.5 Å². The minimum Gasteiger partial charge on any atom is -0.399 e. The summed E-state index contributed by atoms with van der Waals surface area (Å²) < 4.78 is 4.19. The molecule has 0 aliphatic heterocycles. The van der Waals surface area contributed by atoms with Crippen molar-refractivity contribution in [2.45, 2.75) is 33.2 Å². The van der Waals surface area contributed by atoms with Crippen molar-refractivity contribution in [3.63, 3.8) is 0 Å². The highest BCUT2D eigenvalue weighted by atomic mass is 15.3. The molecule has 5 nitrogen and oxygen atoms in total. The third-order valence-electron chi connectivity index (χ3n) is 3.99. The monoisotopic (exact) mass is 283 g/mol. The number of hydrogen-bond acceptors (Lipinski definition) is 3. The van der Waals surface area contributed by atoms with Gasteiger partial charge in [0.1, 0.15) is 5.82 Å².